The van der Waals surface area contributed by atoms with Crippen LogP contribution in [0.2, 0.25) is 0 Å². The lowest BCUT2D eigenvalue weighted by Crippen LogP contribution is -2.43. The van der Waals surface area contributed by atoms with Gasteiger partial charge in [0.1, 0.15) is 5.75 Å². The summed E-state index contributed by atoms with van der Waals surface area (Å²) >= 11 is 0. The SMILES string of the molecule is CCNC(=NCc1ccc(OC)cc1)NCCN(CC)C(C)C.I. The number of benzene rings is 1. The molecule has 1 aromatic rings. The Morgan fingerprint density at radius 1 is 1.17 bits per heavy atom. The van der Waals surface area contributed by atoms with Crippen LogP contribution in [0.25, 0.3) is 0 Å². The van der Waals surface area contributed by atoms with E-state index < -0.39 is 0 Å². The van der Waals surface area contributed by atoms with Crippen LogP contribution in [-0.2, 0) is 6.54 Å². The number of nitrogens with one attached hydrogen (secondary N) is 2. The lowest BCUT2D eigenvalue weighted by atomic mass is 10.2. The summed E-state index contributed by atoms with van der Waals surface area (Å²) in [5.41, 5.74) is 1.17. The van der Waals surface area contributed by atoms with Gasteiger partial charge in [0.15, 0.2) is 5.96 Å². The van der Waals surface area contributed by atoms with Crippen LogP contribution in [-0.4, -0.2) is 50.2 Å². The van der Waals surface area contributed by atoms with Crippen LogP contribution in [0, 0.1) is 0 Å². The predicted octanol–water partition coefficient (Wildman–Crippen LogP) is 3.10. The maximum atomic E-state index is 5.17. The zero-order chi connectivity index (χ0) is 17.1. The van der Waals surface area contributed by atoms with Crippen molar-refractivity contribution >= 4 is 29.9 Å². The highest BCUT2D eigenvalue weighted by Gasteiger charge is 2.06. The third-order valence-electron chi connectivity index (χ3n) is 3.75. The Morgan fingerprint density at radius 2 is 1.83 bits per heavy atom. The van der Waals surface area contributed by atoms with Gasteiger partial charge in [-0.1, -0.05) is 19.1 Å². The topological polar surface area (TPSA) is 48.9 Å². The number of aliphatic imine (C=N–C) groups is 1. The summed E-state index contributed by atoms with van der Waals surface area (Å²) < 4.78 is 5.17. The van der Waals surface area contributed by atoms with Gasteiger partial charge in [-0.05, 0) is 45.0 Å². The first-order valence-corrected chi connectivity index (χ1v) is 8.49. The molecule has 24 heavy (non-hydrogen) atoms. The number of rotatable bonds is 9. The molecule has 0 unspecified atom stereocenters. The zero-order valence-electron chi connectivity index (χ0n) is 15.6. The van der Waals surface area contributed by atoms with E-state index in [0.717, 1.165) is 37.9 Å². The van der Waals surface area contributed by atoms with Gasteiger partial charge < -0.3 is 15.4 Å². The van der Waals surface area contributed by atoms with E-state index >= 15 is 0 Å². The Hall–Kier alpha value is -1.02. The predicted molar refractivity (Wildman–Crippen MR) is 114 cm³/mol. The number of hydrogen-bond acceptors (Lipinski definition) is 3. The number of ether oxygens (including phenoxy) is 1. The summed E-state index contributed by atoms with van der Waals surface area (Å²) in [6, 6.07) is 8.59. The van der Waals surface area contributed by atoms with E-state index in [9.17, 15) is 0 Å². The molecule has 0 atom stereocenters. The van der Waals surface area contributed by atoms with Gasteiger partial charge in [0.25, 0.3) is 0 Å². The van der Waals surface area contributed by atoms with Gasteiger partial charge in [-0.3, -0.25) is 4.90 Å². The minimum atomic E-state index is 0. The van der Waals surface area contributed by atoms with Crippen molar-refractivity contribution < 1.29 is 4.74 Å². The Kier molecular flexibility index (Phi) is 12.7. The fourth-order valence-electron chi connectivity index (χ4n) is 2.34. The van der Waals surface area contributed by atoms with Crippen molar-refractivity contribution in [1.82, 2.24) is 15.5 Å². The summed E-state index contributed by atoms with van der Waals surface area (Å²) in [7, 11) is 1.68. The first-order valence-electron chi connectivity index (χ1n) is 8.49. The highest BCUT2D eigenvalue weighted by Crippen LogP contribution is 2.11. The molecule has 0 radical (unpaired) electrons. The normalized spacial score (nSPS) is 11.4. The molecule has 138 valence electrons. The van der Waals surface area contributed by atoms with Crippen LogP contribution in [0.5, 0.6) is 5.75 Å². The van der Waals surface area contributed by atoms with E-state index in [1.54, 1.807) is 7.11 Å². The van der Waals surface area contributed by atoms with E-state index in [0.29, 0.717) is 12.6 Å². The highest BCUT2D eigenvalue weighted by molar-refractivity contribution is 14.0. The number of halogens is 1. The summed E-state index contributed by atoms with van der Waals surface area (Å²) in [5, 5.41) is 6.70. The fourth-order valence-corrected chi connectivity index (χ4v) is 2.34. The molecule has 0 bridgehead atoms. The monoisotopic (exact) mass is 448 g/mol. The van der Waals surface area contributed by atoms with Crippen molar-refractivity contribution in [1.29, 1.82) is 0 Å². The molecule has 0 saturated heterocycles. The summed E-state index contributed by atoms with van der Waals surface area (Å²) in [6.45, 7) is 13.2. The van der Waals surface area contributed by atoms with Crippen molar-refractivity contribution in [2.45, 2.75) is 40.3 Å². The summed E-state index contributed by atoms with van der Waals surface area (Å²) in [4.78, 5) is 7.07. The van der Waals surface area contributed by atoms with Gasteiger partial charge in [0, 0.05) is 25.7 Å². The molecule has 0 amide bonds. The molecular weight excluding hydrogens is 415 g/mol. The Bertz CT molecular complexity index is 463. The molecule has 1 aromatic carbocycles. The number of nitrogens with zero attached hydrogens (tertiary/aromatic N) is 2. The van der Waals surface area contributed by atoms with Gasteiger partial charge >= 0.3 is 0 Å². The lowest BCUT2D eigenvalue weighted by Gasteiger charge is -2.25. The molecule has 2 N–H and O–H groups in total. The molecule has 0 aliphatic rings. The second-order valence-corrected chi connectivity index (χ2v) is 5.69. The van der Waals surface area contributed by atoms with Gasteiger partial charge in [0.05, 0.1) is 13.7 Å². The van der Waals surface area contributed by atoms with Crippen LogP contribution in [0.1, 0.15) is 33.3 Å². The van der Waals surface area contributed by atoms with Crippen LogP contribution >= 0.6 is 24.0 Å². The van der Waals surface area contributed by atoms with Gasteiger partial charge in [0.2, 0.25) is 0 Å². The van der Waals surface area contributed by atoms with Crippen LogP contribution in [0.3, 0.4) is 0 Å². The van der Waals surface area contributed by atoms with Crippen molar-refractivity contribution in [3.05, 3.63) is 29.8 Å². The molecule has 0 fully saturated rings. The Balaban J connectivity index is 0.00000529. The largest absolute Gasteiger partial charge is 0.497 e. The summed E-state index contributed by atoms with van der Waals surface area (Å²) in [5.74, 6) is 1.74. The molecule has 5 nitrogen and oxygen atoms in total. The average molecular weight is 448 g/mol. The van der Waals surface area contributed by atoms with Crippen LogP contribution < -0.4 is 15.4 Å². The van der Waals surface area contributed by atoms with Crippen LogP contribution in [0.15, 0.2) is 29.3 Å². The standard InChI is InChI=1S/C18H32N4O.HI/c1-6-19-18(20-12-13-22(7-2)15(3)4)21-14-16-8-10-17(23-5)11-9-16;/h8-11,15H,6-7,12-14H2,1-5H3,(H2,19,20,21);1H. The smallest absolute Gasteiger partial charge is 0.191 e. The molecule has 1 rings (SSSR count). The number of likely N-dealkylation sites (N-methyl/N-ethyl adjacent to an activating group) is 1. The van der Waals surface area contributed by atoms with E-state index in [2.05, 4.69) is 48.2 Å². The average Bonchev–Trinajstić information content (AvgIpc) is 2.56. The van der Waals surface area contributed by atoms with Crippen molar-refractivity contribution in [3.63, 3.8) is 0 Å². The lowest BCUT2D eigenvalue weighted by molar-refractivity contribution is 0.237. The van der Waals surface area contributed by atoms with E-state index in [1.165, 1.54) is 5.56 Å². The molecular formula is C18H33IN4O. The van der Waals surface area contributed by atoms with E-state index in [1.807, 2.05) is 24.3 Å². The van der Waals surface area contributed by atoms with Crippen molar-refractivity contribution in [2.24, 2.45) is 4.99 Å². The molecule has 0 saturated carbocycles. The molecule has 0 aliphatic heterocycles. The number of methoxy groups -OCH3 is 1. The minimum absolute atomic E-state index is 0. The first-order chi connectivity index (χ1) is 11.1. The quantitative estimate of drug-likeness (QED) is 0.346. The maximum absolute atomic E-state index is 5.17. The number of guanidine groups is 1. The fraction of sp³-hybridized carbons (Fsp3) is 0.611. The Morgan fingerprint density at radius 3 is 2.33 bits per heavy atom. The highest BCUT2D eigenvalue weighted by atomic mass is 127. The van der Waals surface area contributed by atoms with E-state index in [4.69, 9.17) is 4.74 Å². The second-order valence-electron chi connectivity index (χ2n) is 5.69. The first kappa shape index (κ1) is 23.0. The molecule has 0 spiro atoms. The van der Waals surface area contributed by atoms with Crippen molar-refractivity contribution in [2.75, 3.05) is 33.3 Å². The number of hydrogen-bond donors (Lipinski definition) is 2. The maximum Gasteiger partial charge on any atom is 0.191 e. The third-order valence-corrected chi connectivity index (χ3v) is 3.75. The molecule has 6 heteroatoms. The van der Waals surface area contributed by atoms with Gasteiger partial charge in [-0.15, -0.1) is 24.0 Å². The Labute approximate surface area is 164 Å². The third kappa shape index (κ3) is 8.73. The summed E-state index contributed by atoms with van der Waals surface area (Å²) in [6.07, 6.45) is 0. The molecule has 0 heterocycles. The van der Waals surface area contributed by atoms with Gasteiger partial charge in [-0.25, -0.2) is 4.99 Å². The van der Waals surface area contributed by atoms with Gasteiger partial charge in [-0.2, -0.15) is 0 Å². The van der Waals surface area contributed by atoms with Crippen LogP contribution in [0.4, 0.5) is 0 Å². The molecule has 0 aliphatic carbocycles. The van der Waals surface area contributed by atoms with Crippen molar-refractivity contribution in [3.8, 4) is 5.75 Å². The second kappa shape index (κ2) is 13.3. The minimum Gasteiger partial charge on any atom is -0.497 e. The zero-order valence-corrected chi connectivity index (χ0v) is 18.0. The van der Waals surface area contributed by atoms with E-state index in [-0.39, 0.29) is 24.0 Å². The molecule has 0 aromatic heterocycles.